The number of H-pyrrole nitrogens is 1. The molecule has 0 saturated heterocycles. The van der Waals surface area contributed by atoms with Gasteiger partial charge in [-0.2, -0.15) is 0 Å². The fourth-order valence-electron chi connectivity index (χ4n) is 1.78. The van der Waals surface area contributed by atoms with Crippen LogP contribution in [0.2, 0.25) is 0 Å². The van der Waals surface area contributed by atoms with Crippen LogP contribution < -0.4 is 10.7 Å². The van der Waals surface area contributed by atoms with Crippen LogP contribution in [0.1, 0.15) is 29.5 Å². The molecule has 0 bridgehead atoms. The van der Waals surface area contributed by atoms with Gasteiger partial charge in [0.15, 0.2) is 5.43 Å². The van der Waals surface area contributed by atoms with E-state index in [1.165, 1.54) is 18.5 Å². The number of nitrogens with one attached hydrogen (secondary N) is 2. The third-order valence-electron chi connectivity index (χ3n) is 2.85. The zero-order valence-electron chi connectivity index (χ0n) is 10.7. The predicted octanol–water partition coefficient (Wildman–Crippen LogP) is 1.72. The fraction of sp³-hybridized carbons (Fsp3) is 0.286. The second-order valence-corrected chi connectivity index (χ2v) is 4.41. The Bertz CT molecular complexity index is 587. The number of carbonyl (C=O) groups is 1. The molecule has 0 spiro atoms. The molecular weight excluding hydrogens is 244 g/mol. The predicted molar refractivity (Wildman–Crippen MR) is 71.0 cm³/mol. The van der Waals surface area contributed by atoms with Crippen LogP contribution >= 0.6 is 0 Å². The molecule has 0 fully saturated rings. The van der Waals surface area contributed by atoms with Crippen molar-refractivity contribution < 1.29 is 9.21 Å². The molecule has 19 heavy (non-hydrogen) atoms. The molecule has 0 aliphatic rings. The average Bonchev–Trinajstić information content (AvgIpc) is 2.90. The number of amides is 1. The lowest BCUT2D eigenvalue weighted by molar-refractivity contribution is 0.0936. The van der Waals surface area contributed by atoms with Crippen molar-refractivity contribution in [2.45, 2.75) is 25.8 Å². The van der Waals surface area contributed by atoms with Gasteiger partial charge in [-0.25, -0.2) is 0 Å². The third-order valence-corrected chi connectivity index (χ3v) is 2.85. The molecule has 0 aliphatic heterocycles. The molecule has 0 radical (unpaired) electrons. The van der Waals surface area contributed by atoms with Crippen molar-refractivity contribution in [2.75, 3.05) is 0 Å². The van der Waals surface area contributed by atoms with Gasteiger partial charge in [0.25, 0.3) is 5.91 Å². The van der Waals surface area contributed by atoms with E-state index in [2.05, 4.69) is 10.3 Å². The molecule has 5 nitrogen and oxygen atoms in total. The summed E-state index contributed by atoms with van der Waals surface area (Å²) in [5.74, 6) is 0.535. The largest absolute Gasteiger partial charge is 0.469 e. The topological polar surface area (TPSA) is 75.1 Å². The highest BCUT2D eigenvalue weighted by Crippen LogP contribution is 2.06. The summed E-state index contributed by atoms with van der Waals surface area (Å²) in [6, 6.07) is 5.04. The Kier molecular flexibility index (Phi) is 4.18. The van der Waals surface area contributed by atoms with Gasteiger partial charge in [0.2, 0.25) is 0 Å². The first-order valence-corrected chi connectivity index (χ1v) is 6.17. The van der Waals surface area contributed by atoms with E-state index in [1.54, 1.807) is 6.26 Å². The van der Waals surface area contributed by atoms with Crippen molar-refractivity contribution in [3.8, 4) is 0 Å². The molecule has 0 aliphatic carbocycles. The highest BCUT2D eigenvalue weighted by Gasteiger charge is 2.12. The first-order chi connectivity index (χ1) is 9.16. The van der Waals surface area contributed by atoms with Gasteiger partial charge in [0.1, 0.15) is 11.3 Å². The van der Waals surface area contributed by atoms with E-state index in [0.29, 0.717) is 0 Å². The van der Waals surface area contributed by atoms with E-state index in [1.807, 2.05) is 19.1 Å². The molecule has 1 amide bonds. The lowest BCUT2D eigenvalue weighted by Gasteiger charge is -2.12. The molecule has 2 N–H and O–H groups in total. The van der Waals surface area contributed by atoms with Gasteiger partial charge in [0, 0.05) is 30.9 Å². The van der Waals surface area contributed by atoms with Crippen LogP contribution in [0.3, 0.4) is 0 Å². The summed E-state index contributed by atoms with van der Waals surface area (Å²) in [5, 5.41) is 2.80. The maximum Gasteiger partial charge on any atom is 0.256 e. The molecular formula is C14H16N2O3. The van der Waals surface area contributed by atoms with Crippen LogP contribution in [0.15, 0.2) is 46.1 Å². The molecule has 2 aromatic heterocycles. The number of aromatic nitrogens is 1. The first-order valence-electron chi connectivity index (χ1n) is 6.17. The van der Waals surface area contributed by atoms with Crippen LogP contribution in [0.5, 0.6) is 0 Å². The Labute approximate surface area is 110 Å². The molecule has 1 atom stereocenters. The molecule has 2 rings (SSSR count). The first kappa shape index (κ1) is 13.1. The Morgan fingerprint density at radius 2 is 2.32 bits per heavy atom. The van der Waals surface area contributed by atoms with Crippen molar-refractivity contribution in [3.05, 3.63) is 58.4 Å². The smallest absolute Gasteiger partial charge is 0.256 e. The van der Waals surface area contributed by atoms with Crippen LogP contribution in [-0.4, -0.2) is 16.9 Å². The van der Waals surface area contributed by atoms with Gasteiger partial charge in [-0.1, -0.05) is 0 Å². The number of hydrogen-bond donors (Lipinski definition) is 2. The van der Waals surface area contributed by atoms with Gasteiger partial charge < -0.3 is 14.7 Å². The number of pyridine rings is 1. The lowest BCUT2D eigenvalue weighted by atomic mass is 10.1. The Balaban J connectivity index is 1.88. The summed E-state index contributed by atoms with van der Waals surface area (Å²) in [7, 11) is 0. The minimum atomic E-state index is -0.353. The molecule has 100 valence electrons. The Morgan fingerprint density at radius 1 is 1.47 bits per heavy atom. The standard InChI is InChI=1S/C14H16N2O3/c1-10(4-5-11-3-2-8-19-11)16-14(18)12-9-15-7-6-13(12)17/h2-3,6-10H,4-5H2,1H3,(H,15,17)(H,16,18). The van der Waals surface area contributed by atoms with E-state index >= 15 is 0 Å². The van der Waals surface area contributed by atoms with Crippen LogP contribution in [0, 0.1) is 0 Å². The average molecular weight is 260 g/mol. The Morgan fingerprint density at radius 3 is 3.00 bits per heavy atom. The quantitative estimate of drug-likeness (QED) is 0.859. The second-order valence-electron chi connectivity index (χ2n) is 4.41. The fourth-order valence-corrected chi connectivity index (χ4v) is 1.78. The summed E-state index contributed by atoms with van der Waals surface area (Å²) in [4.78, 5) is 26.1. The van der Waals surface area contributed by atoms with Crippen LogP contribution in [0.4, 0.5) is 0 Å². The second kappa shape index (κ2) is 6.04. The minimum absolute atomic E-state index is 0.0304. The van der Waals surface area contributed by atoms with Crippen molar-refractivity contribution in [1.82, 2.24) is 10.3 Å². The number of carbonyl (C=O) groups excluding carboxylic acids is 1. The van der Waals surface area contributed by atoms with Gasteiger partial charge >= 0.3 is 0 Å². The molecule has 2 heterocycles. The summed E-state index contributed by atoms with van der Waals surface area (Å²) in [5.41, 5.74) is -0.151. The van der Waals surface area contributed by atoms with Crippen molar-refractivity contribution in [3.63, 3.8) is 0 Å². The van der Waals surface area contributed by atoms with Crippen LogP contribution in [-0.2, 0) is 6.42 Å². The van der Waals surface area contributed by atoms with E-state index in [4.69, 9.17) is 4.42 Å². The molecule has 0 saturated carbocycles. The number of furan rings is 1. The van der Waals surface area contributed by atoms with Gasteiger partial charge in [0.05, 0.1) is 6.26 Å². The van der Waals surface area contributed by atoms with E-state index < -0.39 is 0 Å². The maximum atomic E-state index is 11.9. The summed E-state index contributed by atoms with van der Waals surface area (Å²) in [6.07, 6.45) is 6.04. The van der Waals surface area contributed by atoms with Crippen molar-refractivity contribution >= 4 is 5.91 Å². The Hall–Kier alpha value is -2.30. The monoisotopic (exact) mass is 260 g/mol. The van der Waals surface area contributed by atoms with Crippen molar-refractivity contribution in [2.24, 2.45) is 0 Å². The molecule has 2 aromatic rings. The molecule has 1 unspecified atom stereocenters. The lowest BCUT2D eigenvalue weighted by Crippen LogP contribution is -2.35. The number of aryl methyl sites for hydroxylation is 1. The summed E-state index contributed by atoms with van der Waals surface area (Å²) >= 11 is 0. The highest BCUT2D eigenvalue weighted by atomic mass is 16.3. The maximum absolute atomic E-state index is 11.9. The number of hydrogen-bond acceptors (Lipinski definition) is 3. The van der Waals surface area contributed by atoms with Crippen LogP contribution in [0.25, 0.3) is 0 Å². The normalized spacial score (nSPS) is 12.1. The zero-order valence-corrected chi connectivity index (χ0v) is 10.7. The third kappa shape index (κ3) is 3.58. The van der Waals surface area contributed by atoms with Gasteiger partial charge in [-0.3, -0.25) is 9.59 Å². The zero-order chi connectivity index (χ0) is 13.7. The summed E-state index contributed by atoms with van der Waals surface area (Å²) < 4.78 is 5.22. The number of aromatic amines is 1. The van der Waals surface area contributed by atoms with E-state index in [-0.39, 0.29) is 22.9 Å². The van der Waals surface area contributed by atoms with Gasteiger partial charge in [-0.15, -0.1) is 0 Å². The molecule has 5 heteroatoms. The van der Waals surface area contributed by atoms with E-state index in [0.717, 1.165) is 18.6 Å². The minimum Gasteiger partial charge on any atom is -0.469 e. The number of rotatable bonds is 5. The summed E-state index contributed by atoms with van der Waals surface area (Å²) in [6.45, 7) is 1.90. The van der Waals surface area contributed by atoms with E-state index in [9.17, 15) is 9.59 Å². The highest BCUT2D eigenvalue weighted by molar-refractivity contribution is 5.93. The molecule has 0 aromatic carbocycles. The van der Waals surface area contributed by atoms with Crippen molar-refractivity contribution in [1.29, 1.82) is 0 Å². The van der Waals surface area contributed by atoms with Gasteiger partial charge in [-0.05, 0) is 25.5 Å². The SMILES string of the molecule is CC(CCc1ccco1)NC(=O)c1c[nH]ccc1=O.